The molecule has 0 aliphatic rings. The average molecular weight is 220 g/mol. The van der Waals surface area contributed by atoms with Crippen LogP contribution >= 0.6 is 11.8 Å². The number of rotatable bonds is 3. The Hall–Kier alpha value is -1.55. The van der Waals surface area contributed by atoms with Crippen molar-refractivity contribution < 1.29 is 4.42 Å². The molecule has 0 bridgehead atoms. The summed E-state index contributed by atoms with van der Waals surface area (Å²) < 4.78 is 5.23. The van der Waals surface area contributed by atoms with Crippen LogP contribution in [-0.2, 0) is 5.75 Å². The standard InChI is InChI=1S/C11H12N2OS/c12-10-4-3-9(6-11(10)13)15-7-8-2-1-5-14-8/h1-6H,7,12-13H2. The lowest BCUT2D eigenvalue weighted by Gasteiger charge is -2.03. The van der Waals surface area contributed by atoms with E-state index >= 15 is 0 Å². The normalized spacial score (nSPS) is 10.4. The molecule has 15 heavy (non-hydrogen) atoms. The van der Waals surface area contributed by atoms with Gasteiger partial charge in [-0.15, -0.1) is 11.8 Å². The summed E-state index contributed by atoms with van der Waals surface area (Å²) in [7, 11) is 0. The van der Waals surface area contributed by atoms with Crippen LogP contribution in [0.4, 0.5) is 11.4 Å². The molecule has 2 aromatic rings. The Morgan fingerprint density at radius 1 is 1.13 bits per heavy atom. The van der Waals surface area contributed by atoms with E-state index in [0.29, 0.717) is 11.4 Å². The fraction of sp³-hybridized carbons (Fsp3) is 0.0909. The van der Waals surface area contributed by atoms with E-state index < -0.39 is 0 Å². The predicted octanol–water partition coefficient (Wildman–Crippen LogP) is 2.74. The summed E-state index contributed by atoms with van der Waals surface area (Å²) in [5, 5.41) is 0. The largest absolute Gasteiger partial charge is 0.468 e. The van der Waals surface area contributed by atoms with Crippen molar-refractivity contribution in [1.29, 1.82) is 0 Å². The second kappa shape index (κ2) is 4.31. The van der Waals surface area contributed by atoms with Crippen molar-refractivity contribution >= 4 is 23.1 Å². The van der Waals surface area contributed by atoms with Crippen molar-refractivity contribution in [2.45, 2.75) is 10.6 Å². The molecule has 1 aromatic heterocycles. The monoisotopic (exact) mass is 220 g/mol. The van der Waals surface area contributed by atoms with Crippen LogP contribution < -0.4 is 11.5 Å². The van der Waals surface area contributed by atoms with Crippen LogP contribution in [0, 0.1) is 0 Å². The Morgan fingerprint density at radius 3 is 2.67 bits per heavy atom. The molecule has 0 amide bonds. The number of hydrogen-bond donors (Lipinski definition) is 2. The molecule has 0 saturated carbocycles. The molecule has 0 unspecified atom stereocenters. The molecular weight excluding hydrogens is 208 g/mol. The molecule has 0 saturated heterocycles. The van der Waals surface area contributed by atoms with E-state index in [-0.39, 0.29) is 0 Å². The minimum absolute atomic E-state index is 0.623. The Bertz CT molecular complexity index is 440. The van der Waals surface area contributed by atoms with Gasteiger partial charge in [0.15, 0.2) is 0 Å². The first-order valence-corrected chi connectivity index (χ1v) is 5.54. The predicted molar refractivity (Wildman–Crippen MR) is 63.5 cm³/mol. The molecule has 1 heterocycles. The van der Waals surface area contributed by atoms with E-state index in [1.807, 2.05) is 30.3 Å². The molecule has 78 valence electrons. The van der Waals surface area contributed by atoms with Crippen molar-refractivity contribution in [2.24, 2.45) is 0 Å². The van der Waals surface area contributed by atoms with Crippen LogP contribution in [0.15, 0.2) is 45.9 Å². The molecule has 4 N–H and O–H groups in total. The summed E-state index contributed by atoms with van der Waals surface area (Å²) in [5.41, 5.74) is 12.6. The molecule has 1 aromatic carbocycles. The molecule has 0 aliphatic heterocycles. The lowest BCUT2D eigenvalue weighted by molar-refractivity contribution is 0.530. The maximum absolute atomic E-state index is 5.71. The summed E-state index contributed by atoms with van der Waals surface area (Å²) in [4.78, 5) is 1.10. The fourth-order valence-electron chi connectivity index (χ4n) is 1.19. The second-order valence-electron chi connectivity index (χ2n) is 3.16. The summed E-state index contributed by atoms with van der Waals surface area (Å²) >= 11 is 1.67. The zero-order chi connectivity index (χ0) is 10.7. The Balaban J connectivity index is 2.02. The number of hydrogen-bond acceptors (Lipinski definition) is 4. The second-order valence-corrected chi connectivity index (χ2v) is 4.21. The molecular formula is C11H12N2OS. The highest BCUT2D eigenvalue weighted by atomic mass is 32.2. The van der Waals surface area contributed by atoms with Gasteiger partial charge in [-0.05, 0) is 30.3 Å². The number of nitrogen functional groups attached to an aromatic ring is 2. The average Bonchev–Trinajstić information content (AvgIpc) is 2.73. The lowest BCUT2D eigenvalue weighted by Crippen LogP contribution is -1.93. The summed E-state index contributed by atoms with van der Waals surface area (Å²) in [6.07, 6.45) is 1.67. The van der Waals surface area contributed by atoms with Gasteiger partial charge in [-0.2, -0.15) is 0 Å². The SMILES string of the molecule is Nc1ccc(SCc2ccco2)cc1N. The summed E-state index contributed by atoms with van der Waals surface area (Å²) in [6, 6.07) is 9.49. The van der Waals surface area contributed by atoms with Crippen LogP contribution in [0.2, 0.25) is 0 Å². The van der Waals surface area contributed by atoms with Crippen molar-refractivity contribution in [3.63, 3.8) is 0 Å². The number of furan rings is 1. The van der Waals surface area contributed by atoms with Gasteiger partial charge < -0.3 is 15.9 Å². The third kappa shape index (κ3) is 2.47. The third-order valence-electron chi connectivity index (χ3n) is 2.02. The molecule has 0 aliphatic carbocycles. The van der Waals surface area contributed by atoms with Crippen LogP contribution in [-0.4, -0.2) is 0 Å². The van der Waals surface area contributed by atoms with Gasteiger partial charge in [0.1, 0.15) is 5.76 Å². The van der Waals surface area contributed by atoms with Gasteiger partial charge in [0.05, 0.1) is 23.4 Å². The van der Waals surface area contributed by atoms with Gasteiger partial charge in [-0.3, -0.25) is 0 Å². The minimum Gasteiger partial charge on any atom is -0.468 e. The first kappa shape index (κ1) is 9.98. The number of benzene rings is 1. The Labute approximate surface area is 92.5 Å². The van der Waals surface area contributed by atoms with E-state index in [2.05, 4.69) is 0 Å². The molecule has 0 fully saturated rings. The number of thioether (sulfide) groups is 1. The van der Waals surface area contributed by atoms with E-state index in [4.69, 9.17) is 15.9 Å². The molecule has 0 atom stereocenters. The molecule has 3 nitrogen and oxygen atoms in total. The number of nitrogens with two attached hydrogens (primary N) is 2. The van der Waals surface area contributed by atoms with Gasteiger partial charge in [-0.1, -0.05) is 0 Å². The first-order chi connectivity index (χ1) is 7.25. The summed E-state index contributed by atoms with van der Waals surface area (Å²) in [5.74, 6) is 1.76. The molecule has 0 spiro atoms. The maximum atomic E-state index is 5.71. The van der Waals surface area contributed by atoms with E-state index in [1.165, 1.54) is 0 Å². The Morgan fingerprint density at radius 2 is 2.00 bits per heavy atom. The molecule has 4 heteroatoms. The lowest BCUT2D eigenvalue weighted by atomic mass is 10.3. The highest BCUT2D eigenvalue weighted by molar-refractivity contribution is 7.98. The smallest absolute Gasteiger partial charge is 0.113 e. The highest BCUT2D eigenvalue weighted by Crippen LogP contribution is 2.27. The van der Waals surface area contributed by atoms with Crippen molar-refractivity contribution in [1.82, 2.24) is 0 Å². The van der Waals surface area contributed by atoms with Crippen molar-refractivity contribution in [2.75, 3.05) is 11.5 Å². The van der Waals surface area contributed by atoms with Crippen LogP contribution in [0.25, 0.3) is 0 Å². The fourth-order valence-corrected chi connectivity index (χ4v) is 2.04. The Kier molecular flexibility index (Phi) is 2.87. The summed E-state index contributed by atoms with van der Waals surface area (Å²) in [6.45, 7) is 0. The zero-order valence-electron chi connectivity index (χ0n) is 8.14. The van der Waals surface area contributed by atoms with E-state index in [0.717, 1.165) is 16.4 Å². The van der Waals surface area contributed by atoms with E-state index in [9.17, 15) is 0 Å². The highest BCUT2D eigenvalue weighted by Gasteiger charge is 2.00. The van der Waals surface area contributed by atoms with Crippen molar-refractivity contribution in [3.8, 4) is 0 Å². The molecule has 2 rings (SSSR count). The minimum atomic E-state index is 0.623. The third-order valence-corrected chi connectivity index (χ3v) is 3.04. The molecule has 0 radical (unpaired) electrons. The van der Waals surface area contributed by atoms with Gasteiger partial charge in [0, 0.05) is 4.90 Å². The van der Waals surface area contributed by atoms with Crippen LogP contribution in [0.3, 0.4) is 0 Å². The quantitative estimate of drug-likeness (QED) is 0.616. The van der Waals surface area contributed by atoms with Gasteiger partial charge in [0.25, 0.3) is 0 Å². The van der Waals surface area contributed by atoms with E-state index in [1.54, 1.807) is 18.0 Å². The van der Waals surface area contributed by atoms with Crippen molar-refractivity contribution in [3.05, 3.63) is 42.4 Å². The zero-order valence-corrected chi connectivity index (χ0v) is 8.96. The van der Waals surface area contributed by atoms with Gasteiger partial charge >= 0.3 is 0 Å². The maximum Gasteiger partial charge on any atom is 0.113 e. The van der Waals surface area contributed by atoms with Crippen LogP contribution in [0.5, 0.6) is 0 Å². The van der Waals surface area contributed by atoms with Gasteiger partial charge in [0.2, 0.25) is 0 Å². The topological polar surface area (TPSA) is 65.2 Å². The number of anilines is 2. The first-order valence-electron chi connectivity index (χ1n) is 4.56. The van der Waals surface area contributed by atoms with Crippen LogP contribution in [0.1, 0.15) is 5.76 Å². The van der Waals surface area contributed by atoms with Gasteiger partial charge in [-0.25, -0.2) is 0 Å².